The molecule has 1 saturated heterocycles. The summed E-state index contributed by atoms with van der Waals surface area (Å²) in [6.07, 6.45) is 2.18. The minimum absolute atomic E-state index is 0.0875. The smallest absolute Gasteiger partial charge is 0.410 e. The van der Waals surface area contributed by atoms with Crippen molar-refractivity contribution in [2.45, 2.75) is 58.3 Å². The molecule has 0 unspecified atom stereocenters. The Kier molecular flexibility index (Phi) is 4.84. The van der Waals surface area contributed by atoms with Gasteiger partial charge in [-0.25, -0.2) is 4.79 Å². The van der Waals surface area contributed by atoms with Crippen LogP contribution in [0.3, 0.4) is 0 Å². The molecule has 128 valence electrons. The molecule has 0 aliphatic carbocycles. The van der Waals surface area contributed by atoms with Gasteiger partial charge in [0.25, 0.3) is 5.56 Å². The molecule has 0 bridgehead atoms. The van der Waals surface area contributed by atoms with Crippen LogP contribution < -0.4 is 5.56 Å². The van der Waals surface area contributed by atoms with Crippen LogP contribution in [0.2, 0.25) is 0 Å². The van der Waals surface area contributed by atoms with Gasteiger partial charge in [0.15, 0.2) is 0 Å². The van der Waals surface area contributed by atoms with E-state index in [-0.39, 0.29) is 18.2 Å². The summed E-state index contributed by atoms with van der Waals surface area (Å²) in [6.45, 7) is 8.33. The second-order valence-electron chi connectivity index (χ2n) is 7.32. The largest absolute Gasteiger partial charge is 0.444 e. The molecule has 1 amide bonds. The molecule has 2 heterocycles. The third-order valence-corrected chi connectivity index (χ3v) is 4.02. The third kappa shape index (κ3) is 4.58. The van der Waals surface area contributed by atoms with Crippen LogP contribution in [0.1, 0.15) is 39.2 Å². The minimum Gasteiger partial charge on any atom is -0.444 e. The lowest BCUT2D eigenvalue weighted by molar-refractivity contribution is -0.0419. The summed E-state index contributed by atoms with van der Waals surface area (Å²) < 4.78 is 6.89. The first kappa shape index (κ1) is 17.5. The van der Waals surface area contributed by atoms with Crippen LogP contribution in [-0.2, 0) is 11.3 Å². The first-order chi connectivity index (χ1) is 10.6. The Hall–Kier alpha value is -1.82. The second kappa shape index (κ2) is 6.35. The Balaban J connectivity index is 1.98. The Morgan fingerprint density at radius 1 is 1.35 bits per heavy atom. The maximum Gasteiger partial charge on any atom is 0.410 e. The normalized spacial score (nSPS) is 17.9. The van der Waals surface area contributed by atoms with Gasteiger partial charge in [-0.15, -0.1) is 0 Å². The van der Waals surface area contributed by atoms with Gasteiger partial charge in [0, 0.05) is 24.8 Å². The number of pyridine rings is 1. The van der Waals surface area contributed by atoms with Crippen LogP contribution >= 0.6 is 0 Å². The topological polar surface area (TPSA) is 71.8 Å². The molecule has 1 N–H and O–H groups in total. The van der Waals surface area contributed by atoms with E-state index in [2.05, 4.69) is 0 Å². The number of hydrogen-bond acceptors (Lipinski definition) is 4. The molecule has 6 nitrogen and oxygen atoms in total. The minimum atomic E-state index is -0.976. The number of amides is 1. The highest BCUT2D eigenvalue weighted by molar-refractivity contribution is 5.68. The highest BCUT2D eigenvalue weighted by atomic mass is 16.6. The highest BCUT2D eigenvalue weighted by Gasteiger charge is 2.35. The summed E-state index contributed by atoms with van der Waals surface area (Å²) in [4.78, 5) is 25.7. The maximum absolute atomic E-state index is 12.1. The van der Waals surface area contributed by atoms with Gasteiger partial charge >= 0.3 is 6.09 Å². The van der Waals surface area contributed by atoms with E-state index in [0.717, 1.165) is 0 Å². The van der Waals surface area contributed by atoms with E-state index in [0.29, 0.717) is 31.5 Å². The second-order valence-corrected chi connectivity index (χ2v) is 7.32. The number of hydrogen-bond donors (Lipinski definition) is 1. The number of nitrogens with zero attached hydrogens (tertiary/aromatic N) is 2. The van der Waals surface area contributed by atoms with Crippen molar-refractivity contribution in [2.75, 3.05) is 13.1 Å². The van der Waals surface area contributed by atoms with Crippen molar-refractivity contribution in [2.24, 2.45) is 0 Å². The van der Waals surface area contributed by atoms with E-state index in [1.807, 2.05) is 20.8 Å². The molecule has 1 aliphatic heterocycles. The van der Waals surface area contributed by atoms with Crippen LogP contribution in [0.15, 0.2) is 23.1 Å². The van der Waals surface area contributed by atoms with Crippen LogP contribution in [0.25, 0.3) is 0 Å². The van der Waals surface area contributed by atoms with Crippen molar-refractivity contribution in [1.82, 2.24) is 9.47 Å². The standard InChI is InChI=1S/C17H26N2O4/c1-13-6-5-9-19(14(13)20)12-17(22)7-10-18(11-8-17)15(21)23-16(2,3)4/h5-6,9,22H,7-8,10-12H2,1-4H3. The molecule has 0 spiro atoms. The van der Waals surface area contributed by atoms with Crippen LogP contribution in [-0.4, -0.2) is 45.0 Å². The van der Waals surface area contributed by atoms with Gasteiger partial charge in [0.05, 0.1) is 12.1 Å². The average molecular weight is 322 g/mol. The molecule has 6 heteroatoms. The number of carbonyl (C=O) groups is 1. The van der Waals surface area contributed by atoms with Crippen molar-refractivity contribution in [1.29, 1.82) is 0 Å². The lowest BCUT2D eigenvalue weighted by atomic mass is 9.91. The Bertz CT molecular complexity index is 622. The lowest BCUT2D eigenvalue weighted by Crippen LogP contribution is -2.50. The maximum atomic E-state index is 12.1. The van der Waals surface area contributed by atoms with E-state index >= 15 is 0 Å². The molecule has 1 fully saturated rings. The van der Waals surface area contributed by atoms with Crippen LogP contribution in [0, 0.1) is 6.92 Å². The van der Waals surface area contributed by atoms with Crippen molar-refractivity contribution < 1.29 is 14.6 Å². The Morgan fingerprint density at radius 3 is 2.52 bits per heavy atom. The summed E-state index contributed by atoms with van der Waals surface area (Å²) in [5.74, 6) is 0. The molecule has 0 atom stereocenters. The van der Waals surface area contributed by atoms with E-state index in [1.165, 1.54) is 0 Å². The number of carbonyl (C=O) groups excluding carboxylic acids is 1. The number of aliphatic hydroxyl groups is 1. The van der Waals surface area contributed by atoms with Gasteiger partial charge in [-0.3, -0.25) is 4.79 Å². The predicted octanol–water partition coefficient (Wildman–Crippen LogP) is 1.92. The number of piperidine rings is 1. The predicted molar refractivity (Wildman–Crippen MR) is 87.4 cm³/mol. The summed E-state index contributed by atoms with van der Waals surface area (Å²) in [6, 6.07) is 3.56. The van der Waals surface area contributed by atoms with Gasteiger partial charge < -0.3 is 19.3 Å². The molecule has 1 aliphatic rings. The van der Waals surface area contributed by atoms with Crippen molar-refractivity contribution >= 4 is 6.09 Å². The fraction of sp³-hybridized carbons (Fsp3) is 0.647. The molecule has 2 rings (SSSR count). The van der Waals surface area contributed by atoms with E-state index in [9.17, 15) is 14.7 Å². The van der Waals surface area contributed by atoms with Gasteiger partial charge in [-0.05, 0) is 46.6 Å². The number of likely N-dealkylation sites (tertiary alicyclic amines) is 1. The number of ether oxygens (including phenoxy) is 1. The summed E-state index contributed by atoms with van der Waals surface area (Å²) >= 11 is 0. The number of aryl methyl sites for hydroxylation is 1. The van der Waals surface area contributed by atoms with Crippen molar-refractivity contribution in [3.63, 3.8) is 0 Å². The SMILES string of the molecule is Cc1cccn(CC2(O)CCN(C(=O)OC(C)(C)C)CC2)c1=O. The average Bonchev–Trinajstić information content (AvgIpc) is 2.42. The first-order valence-electron chi connectivity index (χ1n) is 7.96. The molecule has 23 heavy (non-hydrogen) atoms. The van der Waals surface area contributed by atoms with Crippen LogP contribution in [0.5, 0.6) is 0 Å². The zero-order chi connectivity index (χ0) is 17.3. The fourth-order valence-corrected chi connectivity index (χ4v) is 2.69. The molecule has 1 aromatic rings. The van der Waals surface area contributed by atoms with E-state index in [1.54, 1.807) is 34.7 Å². The van der Waals surface area contributed by atoms with E-state index < -0.39 is 11.2 Å². The lowest BCUT2D eigenvalue weighted by Gasteiger charge is -2.38. The van der Waals surface area contributed by atoms with E-state index in [4.69, 9.17) is 4.74 Å². The first-order valence-corrected chi connectivity index (χ1v) is 7.96. The fourth-order valence-electron chi connectivity index (χ4n) is 2.69. The summed E-state index contributed by atoms with van der Waals surface area (Å²) in [7, 11) is 0. The molecule has 0 radical (unpaired) electrons. The number of aromatic nitrogens is 1. The van der Waals surface area contributed by atoms with Crippen molar-refractivity contribution in [3.05, 3.63) is 34.2 Å². The highest BCUT2D eigenvalue weighted by Crippen LogP contribution is 2.25. The Labute approximate surface area is 136 Å². The van der Waals surface area contributed by atoms with Gasteiger partial charge in [0.1, 0.15) is 5.60 Å². The molecule has 0 saturated carbocycles. The summed E-state index contributed by atoms with van der Waals surface area (Å²) in [5.41, 5.74) is -0.937. The zero-order valence-corrected chi connectivity index (χ0v) is 14.3. The van der Waals surface area contributed by atoms with Crippen molar-refractivity contribution in [3.8, 4) is 0 Å². The monoisotopic (exact) mass is 322 g/mol. The summed E-state index contributed by atoms with van der Waals surface area (Å²) in [5, 5.41) is 10.7. The zero-order valence-electron chi connectivity index (χ0n) is 14.3. The van der Waals surface area contributed by atoms with Crippen LogP contribution in [0.4, 0.5) is 4.79 Å². The van der Waals surface area contributed by atoms with Gasteiger partial charge in [0.2, 0.25) is 0 Å². The quantitative estimate of drug-likeness (QED) is 0.903. The molecule has 1 aromatic heterocycles. The molecular formula is C17H26N2O4. The molecular weight excluding hydrogens is 296 g/mol. The number of rotatable bonds is 2. The third-order valence-electron chi connectivity index (χ3n) is 4.02. The van der Waals surface area contributed by atoms with Gasteiger partial charge in [-0.1, -0.05) is 6.07 Å². The Morgan fingerprint density at radius 2 is 1.96 bits per heavy atom. The van der Waals surface area contributed by atoms with Gasteiger partial charge in [-0.2, -0.15) is 0 Å². The molecule has 0 aromatic carbocycles.